The quantitative estimate of drug-likeness (QED) is 0.409. The molecule has 5 nitrogen and oxygen atoms in total. The zero-order chi connectivity index (χ0) is 20.1. The molecule has 4 rings (SSSR count). The Morgan fingerprint density at radius 2 is 1.90 bits per heavy atom. The van der Waals surface area contributed by atoms with Gasteiger partial charge in [-0.25, -0.2) is 0 Å². The number of aryl methyl sites for hydroxylation is 1. The molecule has 2 heterocycles. The molecule has 0 spiro atoms. The molecule has 0 aliphatic heterocycles. The van der Waals surface area contributed by atoms with Crippen LogP contribution in [0.15, 0.2) is 75.5 Å². The Labute approximate surface area is 177 Å². The van der Waals surface area contributed by atoms with Crippen LogP contribution in [-0.2, 0) is 12.3 Å². The standard InChI is InChI=1S/C22H19N3O2S2/c1-15-4-10-18(11-5-15)29-14-16-6-8-17(9-7-16)22(26)23-13-20-24-21(25-27-20)19-3-2-12-28-19/h2-12H,13-14H2,1H3,(H,23,26). The average molecular weight is 422 g/mol. The molecule has 1 N–H and O–H groups in total. The molecule has 146 valence electrons. The van der Waals surface area contributed by atoms with Crippen molar-refractivity contribution in [2.45, 2.75) is 24.1 Å². The summed E-state index contributed by atoms with van der Waals surface area (Å²) in [7, 11) is 0. The van der Waals surface area contributed by atoms with Gasteiger partial charge in [0.2, 0.25) is 11.7 Å². The molecule has 2 aromatic heterocycles. The first-order valence-electron chi connectivity index (χ1n) is 9.10. The number of aromatic nitrogens is 2. The maximum atomic E-state index is 12.4. The SMILES string of the molecule is Cc1ccc(SCc2ccc(C(=O)NCc3nc(-c4cccs4)no3)cc2)cc1. The van der Waals surface area contributed by atoms with E-state index in [9.17, 15) is 4.79 Å². The van der Waals surface area contributed by atoms with Crippen LogP contribution in [0.5, 0.6) is 0 Å². The maximum absolute atomic E-state index is 12.4. The van der Waals surface area contributed by atoms with E-state index in [0.29, 0.717) is 17.3 Å². The maximum Gasteiger partial charge on any atom is 0.251 e. The molecule has 0 fully saturated rings. The van der Waals surface area contributed by atoms with Crippen molar-refractivity contribution in [1.82, 2.24) is 15.5 Å². The van der Waals surface area contributed by atoms with Gasteiger partial charge in [-0.3, -0.25) is 4.79 Å². The third-order valence-electron chi connectivity index (χ3n) is 4.25. The van der Waals surface area contributed by atoms with E-state index in [1.807, 2.05) is 41.8 Å². The van der Waals surface area contributed by atoms with Crippen molar-refractivity contribution < 1.29 is 9.32 Å². The van der Waals surface area contributed by atoms with Crippen LogP contribution in [0.4, 0.5) is 0 Å². The predicted molar refractivity (Wildman–Crippen MR) is 116 cm³/mol. The van der Waals surface area contributed by atoms with Gasteiger partial charge in [0.25, 0.3) is 5.91 Å². The van der Waals surface area contributed by atoms with E-state index >= 15 is 0 Å². The molecule has 29 heavy (non-hydrogen) atoms. The highest BCUT2D eigenvalue weighted by atomic mass is 32.2. The Hall–Kier alpha value is -2.90. The summed E-state index contributed by atoms with van der Waals surface area (Å²) in [4.78, 5) is 18.8. The highest BCUT2D eigenvalue weighted by Crippen LogP contribution is 2.23. The van der Waals surface area contributed by atoms with Crippen LogP contribution in [0.1, 0.15) is 27.4 Å². The van der Waals surface area contributed by atoms with E-state index in [4.69, 9.17) is 4.52 Å². The first-order valence-corrected chi connectivity index (χ1v) is 11.0. The molecule has 2 aromatic carbocycles. The number of nitrogens with zero attached hydrogens (tertiary/aromatic N) is 2. The van der Waals surface area contributed by atoms with Crippen molar-refractivity contribution in [3.63, 3.8) is 0 Å². The molecule has 7 heteroatoms. The van der Waals surface area contributed by atoms with Crippen LogP contribution >= 0.6 is 23.1 Å². The molecule has 0 saturated carbocycles. The smallest absolute Gasteiger partial charge is 0.251 e. The van der Waals surface area contributed by atoms with Crippen LogP contribution in [0, 0.1) is 6.92 Å². The average Bonchev–Trinajstić information content (AvgIpc) is 3.44. The van der Waals surface area contributed by atoms with Crippen molar-refractivity contribution in [2.24, 2.45) is 0 Å². The number of amides is 1. The molecular formula is C22H19N3O2S2. The topological polar surface area (TPSA) is 68.0 Å². The molecule has 0 atom stereocenters. The lowest BCUT2D eigenvalue weighted by atomic mass is 10.1. The summed E-state index contributed by atoms with van der Waals surface area (Å²) in [6.07, 6.45) is 0. The van der Waals surface area contributed by atoms with Gasteiger partial charge in [0.05, 0.1) is 11.4 Å². The summed E-state index contributed by atoms with van der Waals surface area (Å²) >= 11 is 3.32. The van der Waals surface area contributed by atoms with Gasteiger partial charge in [0.1, 0.15) is 0 Å². The minimum Gasteiger partial charge on any atom is -0.343 e. The molecule has 0 aliphatic carbocycles. The van der Waals surface area contributed by atoms with Crippen molar-refractivity contribution in [3.8, 4) is 10.7 Å². The van der Waals surface area contributed by atoms with Gasteiger partial charge < -0.3 is 9.84 Å². The second-order valence-corrected chi connectivity index (χ2v) is 8.47. The lowest BCUT2D eigenvalue weighted by Crippen LogP contribution is -2.22. The number of thioether (sulfide) groups is 1. The van der Waals surface area contributed by atoms with Gasteiger partial charge >= 0.3 is 0 Å². The largest absolute Gasteiger partial charge is 0.343 e. The molecule has 0 saturated heterocycles. The van der Waals surface area contributed by atoms with E-state index in [0.717, 1.165) is 10.6 Å². The fraction of sp³-hybridized carbons (Fsp3) is 0.136. The summed E-state index contributed by atoms with van der Waals surface area (Å²) in [5.41, 5.74) is 3.03. The lowest BCUT2D eigenvalue weighted by Gasteiger charge is -2.05. The summed E-state index contributed by atoms with van der Waals surface area (Å²) in [6, 6.07) is 20.0. The van der Waals surface area contributed by atoms with Gasteiger partial charge in [0, 0.05) is 16.2 Å². The summed E-state index contributed by atoms with van der Waals surface area (Å²) in [6.45, 7) is 2.28. The number of hydrogen-bond donors (Lipinski definition) is 1. The normalized spacial score (nSPS) is 10.8. The second kappa shape index (κ2) is 9.07. The summed E-state index contributed by atoms with van der Waals surface area (Å²) < 4.78 is 5.20. The molecule has 4 aromatic rings. The second-order valence-electron chi connectivity index (χ2n) is 6.47. The van der Waals surface area contributed by atoms with Crippen LogP contribution in [0.2, 0.25) is 0 Å². The van der Waals surface area contributed by atoms with Crippen molar-refractivity contribution in [1.29, 1.82) is 0 Å². The van der Waals surface area contributed by atoms with Crippen LogP contribution < -0.4 is 5.32 Å². The molecule has 0 aliphatic rings. The molecule has 0 bridgehead atoms. The van der Waals surface area contributed by atoms with Gasteiger partial charge in [-0.15, -0.1) is 23.1 Å². The van der Waals surface area contributed by atoms with Crippen molar-refractivity contribution >= 4 is 29.0 Å². The number of benzene rings is 2. The molecule has 1 amide bonds. The molecule has 0 radical (unpaired) electrons. The number of rotatable bonds is 7. The van der Waals surface area contributed by atoms with E-state index in [2.05, 4.69) is 46.6 Å². The number of carbonyl (C=O) groups is 1. The number of carbonyl (C=O) groups excluding carboxylic acids is 1. The van der Waals surface area contributed by atoms with E-state index in [-0.39, 0.29) is 12.5 Å². The third-order valence-corrected chi connectivity index (χ3v) is 6.20. The van der Waals surface area contributed by atoms with Crippen molar-refractivity contribution in [2.75, 3.05) is 0 Å². The van der Waals surface area contributed by atoms with Gasteiger partial charge in [0.15, 0.2) is 0 Å². The van der Waals surface area contributed by atoms with Gasteiger partial charge in [-0.2, -0.15) is 4.98 Å². The van der Waals surface area contributed by atoms with Crippen LogP contribution in [0.3, 0.4) is 0 Å². The zero-order valence-electron chi connectivity index (χ0n) is 15.8. The minimum atomic E-state index is -0.168. The number of nitrogens with one attached hydrogen (secondary N) is 1. The highest BCUT2D eigenvalue weighted by Gasteiger charge is 2.11. The lowest BCUT2D eigenvalue weighted by molar-refractivity contribution is 0.0946. The first-order chi connectivity index (χ1) is 14.2. The Balaban J connectivity index is 1.29. The van der Waals surface area contributed by atoms with Crippen molar-refractivity contribution in [3.05, 3.63) is 88.6 Å². The Kier molecular flexibility index (Phi) is 6.07. The van der Waals surface area contributed by atoms with E-state index < -0.39 is 0 Å². The Morgan fingerprint density at radius 3 is 2.62 bits per heavy atom. The summed E-state index contributed by atoms with van der Waals surface area (Å²) in [5, 5.41) is 8.72. The van der Waals surface area contributed by atoms with E-state index in [1.165, 1.54) is 16.0 Å². The summed E-state index contributed by atoms with van der Waals surface area (Å²) in [5.74, 6) is 1.62. The molecular weight excluding hydrogens is 402 g/mol. The van der Waals surface area contributed by atoms with Gasteiger partial charge in [-0.05, 0) is 48.2 Å². The van der Waals surface area contributed by atoms with Crippen LogP contribution in [-0.4, -0.2) is 16.0 Å². The van der Waals surface area contributed by atoms with Crippen LogP contribution in [0.25, 0.3) is 10.7 Å². The third kappa shape index (κ3) is 5.13. The Bertz CT molecular complexity index is 1070. The molecule has 0 unspecified atom stereocenters. The van der Waals surface area contributed by atoms with E-state index in [1.54, 1.807) is 23.1 Å². The fourth-order valence-corrected chi connectivity index (χ4v) is 4.15. The van der Waals surface area contributed by atoms with Gasteiger partial charge in [-0.1, -0.05) is 41.1 Å². The zero-order valence-corrected chi connectivity index (χ0v) is 17.4. The highest BCUT2D eigenvalue weighted by molar-refractivity contribution is 7.98. The predicted octanol–water partition coefficient (Wildman–Crippen LogP) is 5.33. The fourth-order valence-electron chi connectivity index (χ4n) is 2.64. The Morgan fingerprint density at radius 1 is 1.10 bits per heavy atom. The number of hydrogen-bond acceptors (Lipinski definition) is 6. The monoisotopic (exact) mass is 421 g/mol. The number of thiophene rings is 1. The first kappa shape index (κ1) is 19.4. The minimum absolute atomic E-state index is 0.168.